The van der Waals surface area contributed by atoms with Crippen molar-refractivity contribution in [2.75, 3.05) is 6.61 Å². The number of ether oxygens (including phenoxy) is 1. The van der Waals surface area contributed by atoms with Gasteiger partial charge in [-0.3, -0.25) is 0 Å². The summed E-state index contributed by atoms with van der Waals surface area (Å²) in [4.78, 5) is 9.38. The molecule has 0 aromatic carbocycles. The first kappa shape index (κ1) is 10.1. The van der Waals surface area contributed by atoms with E-state index in [1.807, 2.05) is 0 Å². The second-order valence-corrected chi connectivity index (χ2v) is 0.699. The topological polar surface area (TPSA) is 46.5 Å². The van der Waals surface area contributed by atoms with Crippen molar-refractivity contribution in [2.45, 2.75) is 6.92 Å². The number of hydrogen-bond acceptors (Lipinski definition) is 2. The largest absolute Gasteiger partial charge is 2.00 e. The Labute approximate surface area is 60.8 Å². The van der Waals surface area contributed by atoms with Gasteiger partial charge in [-0.15, -0.1) is 0 Å². The second-order valence-electron chi connectivity index (χ2n) is 0.699. The van der Waals surface area contributed by atoms with Gasteiger partial charge in [-0.05, 0) is 6.92 Å². The zero-order valence-electron chi connectivity index (χ0n) is 6.18. The maximum atomic E-state index is 9.38. The quantitative estimate of drug-likeness (QED) is 0.402. The molecule has 3 nitrogen and oxygen atoms in total. The average molecular weight is 116 g/mol. The fourth-order valence-electron chi connectivity index (χ4n) is 0.123. The van der Waals surface area contributed by atoms with Gasteiger partial charge in [-0.2, -0.15) is 0 Å². The molecule has 0 aliphatic carbocycles. The summed E-state index contributed by atoms with van der Waals surface area (Å²) < 4.78 is 3.96. The number of carboxylic acid groups (broad SMARTS) is 1. The second kappa shape index (κ2) is 6.04. The van der Waals surface area contributed by atoms with E-state index in [9.17, 15) is 4.79 Å². The van der Waals surface area contributed by atoms with E-state index in [1.54, 1.807) is 6.92 Å². The van der Waals surface area contributed by atoms with Gasteiger partial charge in [0.15, 0.2) is 0 Å². The molecular formula is C3H8MgO3. The van der Waals surface area contributed by atoms with Gasteiger partial charge < -0.3 is 12.7 Å². The number of hydrogen-bond donors (Lipinski definition) is 1. The van der Waals surface area contributed by atoms with Crippen molar-refractivity contribution in [1.82, 2.24) is 0 Å². The Kier molecular flexibility index (Phi) is 8.72. The van der Waals surface area contributed by atoms with Gasteiger partial charge >= 0.3 is 29.2 Å². The molecule has 1 N–H and O–H groups in total. The molecule has 0 saturated carbocycles. The summed E-state index contributed by atoms with van der Waals surface area (Å²) in [5.41, 5.74) is 0. The summed E-state index contributed by atoms with van der Waals surface area (Å²) in [6.45, 7) is 1.85. The molecule has 0 aliphatic heterocycles. The molecule has 0 aromatic heterocycles. The van der Waals surface area contributed by atoms with Crippen LogP contribution in [0.25, 0.3) is 0 Å². The monoisotopic (exact) mass is 116 g/mol. The molecule has 0 aromatic rings. The van der Waals surface area contributed by atoms with Crippen molar-refractivity contribution >= 4 is 29.2 Å². The van der Waals surface area contributed by atoms with Crippen molar-refractivity contribution < 1.29 is 17.5 Å². The van der Waals surface area contributed by atoms with Crippen LogP contribution in [0.3, 0.4) is 0 Å². The Morgan fingerprint density at radius 3 is 2.43 bits per heavy atom. The van der Waals surface area contributed by atoms with E-state index < -0.39 is 6.16 Å². The first-order chi connectivity index (χ1) is 2.77. The van der Waals surface area contributed by atoms with E-state index in [4.69, 9.17) is 5.11 Å². The normalized spacial score (nSPS) is 6.43. The molecular weight excluding hydrogens is 108 g/mol. The van der Waals surface area contributed by atoms with Crippen LogP contribution in [0.5, 0.6) is 0 Å². The number of carbonyl (C=O) groups is 1. The zero-order chi connectivity index (χ0) is 4.99. The first-order valence-corrected chi connectivity index (χ1v) is 1.63. The molecule has 40 valence electrons. The smallest absolute Gasteiger partial charge is 1.00 e. The first-order valence-electron chi connectivity index (χ1n) is 1.63. The summed E-state index contributed by atoms with van der Waals surface area (Å²) in [5.74, 6) is 0. The maximum absolute atomic E-state index is 9.38. The molecule has 0 heterocycles. The van der Waals surface area contributed by atoms with Crippen molar-refractivity contribution in [1.29, 1.82) is 0 Å². The van der Waals surface area contributed by atoms with E-state index in [2.05, 4.69) is 4.74 Å². The van der Waals surface area contributed by atoms with E-state index in [0.717, 1.165) is 0 Å². The van der Waals surface area contributed by atoms with Gasteiger partial charge in [-0.25, -0.2) is 4.79 Å². The molecule has 0 atom stereocenters. The Balaban J connectivity index is -0.0000000417. The van der Waals surface area contributed by atoms with Crippen LogP contribution < -0.4 is 0 Å². The molecule has 0 amide bonds. The predicted octanol–water partition coefficient (Wildman–Crippen LogP) is 0.545. The van der Waals surface area contributed by atoms with Gasteiger partial charge in [0.25, 0.3) is 0 Å². The molecule has 0 rings (SSSR count). The summed E-state index contributed by atoms with van der Waals surface area (Å²) >= 11 is 0. The van der Waals surface area contributed by atoms with Crippen LogP contribution in [-0.4, -0.2) is 40.9 Å². The summed E-state index contributed by atoms with van der Waals surface area (Å²) in [6, 6.07) is 0. The molecule has 0 aliphatic rings. The fourth-order valence-corrected chi connectivity index (χ4v) is 0.123. The van der Waals surface area contributed by atoms with Crippen LogP contribution in [0, 0.1) is 0 Å². The van der Waals surface area contributed by atoms with Crippen LogP contribution >= 0.6 is 0 Å². The molecule has 7 heavy (non-hydrogen) atoms. The summed E-state index contributed by atoms with van der Waals surface area (Å²) in [6.07, 6.45) is -1.21. The molecule has 0 spiro atoms. The summed E-state index contributed by atoms with van der Waals surface area (Å²) in [5, 5.41) is 7.69. The van der Waals surface area contributed by atoms with Gasteiger partial charge in [0.1, 0.15) is 0 Å². The van der Waals surface area contributed by atoms with Crippen molar-refractivity contribution in [3.8, 4) is 0 Å². The average Bonchev–Trinajstić information content (AvgIpc) is 1.35. The molecule has 4 heteroatoms. The molecule has 0 unspecified atom stereocenters. The fraction of sp³-hybridized carbons (Fsp3) is 0.667. The Bertz CT molecular complexity index is 61.0. The van der Waals surface area contributed by atoms with Gasteiger partial charge in [0, 0.05) is 0 Å². The molecule has 0 saturated heterocycles. The maximum Gasteiger partial charge on any atom is 2.00 e. The predicted molar refractivity (Wildman–Crippen MR) is 27.6 cm³/mol. The third-order valence-corrected chi connectivity index (χ3v) is 0.268. The standard InChI is InChI=1S/C3H6O3.Mg.2H/c1-2-6-3(4)5;;;/h2H2,1H3,(H,4,5);;;/q;+2;2*-1. The van der Waals surface area contributed by atoms with Crippen LogP contribution in [0.4, 0.5) is 4.79 Å². The Hall–Kier alpha value is 0.0362. The SMILES string of the molecule is CCOC(=O)O.[H-].[H-].[Mg+2]. The van der Waals surface area contributed by atoms with Crippen molar-refractivity contribution in [3.05, 3.63) is 0 Å². The van der Waals surface area contributed by atoms with E-state index in [0.29, 0.717) is 0 Å². The Morgan fingerprint density at radius 1 is 2.00 bits per heavy atom. The Morgan fingerprint density at radius 2 is 2.43 bits per heavy atom. The van der Waals surface area contributed by atoms with Crippen LogP contribution in [0.1, 0.15) is 9.78 Å². The van der Waals surface area contributed by atoms with E-state index in [-0.39, 0.29) is 32.5 Å². The van der Waals surface area contributed by atoms with Crippen LogP contribution in [-0.2, 0) is 4.74 Å². The minimum Gasteiger partial charge on any atom is -1.00 e. The number of rotatable bonds is 1. The van der Waals surface area contributed by atoms with E-state index in [1.165, 1.54) is 0 Å². The zero-order valence-corrected chi connectivity index (χ0v) is 5.59. The molecule has 0 radical (unpaired) electrons. The minimum atomic E-state index is -1.21. The van der Waals surface area contributed by atoms with Gasteiger partial charge in [0.2, 0.25) is 0 Å². The van der Waals surface area contributed by atoms with Crippen molar-refractivity contribution in [3.63, 3.8) is 0 Å². The van der Waals surface area contributed by atoms with Gasteiger partial charge in [-0.1, -0.05) is 0 Å². The van der Waals surface area contributed by atoms with Gasteiger partial charge in [0.05, 0.1) is 6.61 Å². The third kappa shape index (κ3) is 10.7. The van der Waals surface area contributed by atoms with Crippen LogP contribution in [0.15, 0.2) is 0 Å². The van der Waals surface area contributed by atoms with Crippen LogP contribution in [0.2, 0.25) is 0 Å². The summed E-state index contributed by atoms with van der Waals surface area (Å²) in [7, 11) is 0. The van der Waals surface area contributed by atoms with Crippen molar-refractivity contribution in [2.24, 2.45) is 0 Å². The minimum absolute atomic E-state index is 0. The van der Waals surface area contributed by atoms with E-state index >= 15 is 0 Å². The molecule has 0 bridgehead atoms. The third-order valence-electron chi connectivity index (χ3n) is 0.268. The molecule has 0 fully saturated rings.